The summed E-state index contributed by atoms with van der Waals surface area (Å²) in [4.78, 5) is 0. The van der Waals surface area contributed by atoms with E-state index in [4.69, 9.17) is 9.47 Å². The van der Waals surface area contributed by atoms with Crippen LogP contribution in [0.15, 0.2) is 30.3 Å². The van der Waals surface area contributed by atoms with E-state index >= 15 is 0 Å². The number of aryl methyl sites for hydroxylation is 1. The fourth-order valence-corrected chi connectivity index (χ4v) is 3.36. The van der Waals surface area contributed by atoms with Crippen molar-refractivity contribution in [1.82, 2.24) is 0 Å². The first-order chi connectivity index (χ1) is 12.3. The Kier molecular flexibility index (Phi) is 9.17. The van der Waals surface area contributed by atoms with Gasteiger partial charge in [0.2, 0.25) is 0 Å². The minimum Gasteiger partial charge on any atom is -0.494 e. The quantitative estimate of drug-likeness (QED) is 0.277. The molecule has 0 amide bonds. The van der Waals surface area contributed by atoms with Gasteiger partial charge in [-0.15, -0.1) is 0 Å². The van der Waals surface area contributed by atoms with Gasteiger partial charge in [0, 0.05) is 5.33 Å². The van der Waals surface area contributed by atoms with E-state index in [1.54, 1.807) is 0 Å². The van der Waals surface area contributed by atoms with E-state index in [-0.39, 0.29) is 0 Å². The Morgan fingerprint density at radius 3 is 2.36 bits per heavy atom. The third-order valence-electron chi connectivity index (χ3n) is 4.51. The van der Waals surface area contributed by atoms with Gasteiger partial charge >= 0.3 is 0 Å². The predicted octanol–water partition coefficient (Wildman–Crippen LogP) is 7.05. The minimum absolute atomic E-state index is 0.790. The van der Waals surface area contributed by atoms with Crippen LogP contribution in [0.4, 0.5) is 0 Å². The van der Waals surface area contributed by atoms with Crippen molar-refractivity contribution < 1.29 is 9.47 Å². The molecule has 2 nitrogen and oxygen atoms in total. The van der Waals surface area contributed by atoms with Crippen molar-refractivity contribution in [3.05, 3.63) is 35.9 Å². The molecule has 138 valence electrons. The molecule has 0 unspecified atom stereocenters. The summed E-state index contributed by atoms with van der Waals surface area (Å²) in [5, 5.41) is 3.54. The molecule has 0 saturated heterocycles. The molecule has 0 aliphatic carbocycles. The topological polar surface area (TPSA) is 18.5 Å². The van der Waals surface area contributed by atoms with Gasteiger partial charge in [0.15, 0.2) is 0 Å². The second-order valence-corrected chi connectivity index (χ2v) is 7.37. The second-order valence-electron chi connectivity index (χ2n) is 6.58. The summed E-state index contributed by atoms with van der Waals surface area (Å²) in [6.07, 6.45) is 8.45. The van der Waals surface area contributed by atoms with Crippen LogP contribution in [0.5, 0.6) is 11.5 Å². The summed E-state index contributed by atoms with van der Waals surface area (Å²) in [7, 11) is 0. The molecule has 0 saturated carbocycles. The van der Waals surface area contributed by atoms with Gasteiger partial charge in [0.05, 0.1) is 13.2 Å². The van der Waals surface area contributed by atoms with Crippen LogP contribution in [0, 0.1) is 6.92 Å². The zero-order valence-electron chi connectivity index (χ0n) is 15.7. The average molecular weight is 407 g/mol. The van der Waals surface area contributed by atoms with E-state index in [1.165, 1.54) is 48.4 Å². The molecule has 0 radical (unpaired) electrons. The van der Waals surface area contributed by atoms with Crippen molar-refractivity contribution >= 4 is 26.7 Å². The summed E-state index contributed by atoms with van der Waals surface area (Å²) < 4.78 is 11.9. The average Bonchev–Trinajstić information content (AvgIpc) is 2.63. The lowest BCUT2D eigenvalue weighted by Gasteiger charge is -2.13. The Morgan fingerprint density at radius 1 is 0.840 bits per heavy atom. The Balaban J connectivity index is 1.93. The molecule has 0 aliphatic rings. The lowest BCUT2D eigenvalue weighted by Crippen LogP contribution is -2.00. The summed E-state index contributed by atoms with van der Waals surface area (Å²) in [6.45, 7) is 5.97. The maximum Gasteiger partial charge on any atom is 0.122 e. The monoisotopic (exact) mass is 406 g/mol. The number of fused-ring (bicyclic) bond motifs is 1. The normalized spacial score (nSPS) is 11.0. The van der Waals surface area contributed by atoms with Gasteiger partial charge in [-0.2, -0.15) is 0 Å². The van der Waals surface area contributed by atoms with Crippen LogP contribution in [0.1, 0.15) is 57.4 Å². The molecular weight excluding hydrogens is 376 g/mol. The van der Waals surface area contributed by atoms with Gasteiger partial charge in [-0.1, -0.05) is 54.2 Å². The zero-order valence-corrected chi connectivity index (χ0v) is 17.2. The highest BCUT2D eigenvalue weighted by Gasteiger charge is 2.06. The third kappa shape index (κ3) is 6.54. The van der Waals surface area contributed by atoms with E-state index in [0.717, 1.165) is 42.9 Å². The van der Waals surface area contributed by atoms with Gasteiger partial charge in [0.1, 0.15) is 11.5 Å². The summed E-state index contributed by atoms with van der Waals surface area (Å²) in [5.74, 6) is 1.96. The number of ether oxygens (including phenoxy) is 2. The highest BCUT2D eigenvalue weighted by molar-refractivity contribution is 9.09. The van der Waals surface area contributed by atoms with Crippen molar-refractivity contribution in [2.75, 3.05) is 18.5 Å². The van der Waals surface area contributed by atoms with Crippen molar-refractivity contribution in [2.45, 2.75) is 58.8 Å². The first kappa shape index (κ1) is 20.1. The number of hydrogen-bond acceptors (Lipinski definition) is 2. The molecule has 0 atom stereocenters. The van der Waals surface area contributed by atoms with Crippen molar-refractivity contribution in [3.63, 3.8) is 0 Å². The van der Waals surface area contributed by atoms with Crippen LogP contribution in [0.3, 0.4) is 0 Å². The molecule has 0 aliphatic heterocycles. The lowest BCUT2D eigenvalue weighted by atomic mass is 10.0. The van der Waals surface area contributed by atoms with Crippen LogP contribution in [0.25, 0.3) is 10.8 Å². The molecule has 2 aromatic rings. The fraction of sp³-hybridized carbons (Fsp3) is 0.545. The van der Waals surface area contributed by atoms with E-state index in [0.29, 0.717) is 0 Å². The number of halogens is 1. The van der Waals surface area contributed by atoms with Crippen LogP contribution >= 0.6 is 15.9 Å². The summed E-state index contributed by atoms with van der Waals surface area (Å²) >= 11 is 3.47. The van der Waals surface area contributed by atoms with E-state index in [2.05, 4.69) is 60.1 Å². The van der Waals surface area contributed by atoms with Crippen molar-refractivity contribution in [2.24, 2.45) is 0 Å². The highest BCUT2D eigenvalue weighted by Crippen LogP contribution is 2.30. The first-order valence-corrected chi connectivity index (χ1v) is 10.7. The lowest BCUT2D eigenvalue weighted by molar-refractivity contribution is 0.304. The number of alkyl halides is 1. The maximum absolute atomic E-state index is 5.98. The Bertz CT molecular complexity index is 639. The number of rotatable bonds is 12. The second kappa shape index (κ2) is 11.4. The molecular formula is C22H31BrO2. The van der Waals surface area contributed by atoms with Gasteiger partial charge in [-0.25, -0.2) is 0 Å². The van der Waals surface area contributed by atoms with Crippen LogP contribution in [0.2, 0.25) is 0 Å². The van der Waals surface area contributed by atoms with E-state index < -0.39 is 0 Å². The molecule has 25 heavy (non-hydrogen) atoms. The Morgan fingerprint density at radius 2 is 1.60 bits per heavy atom. The van der Waals surface area contributed by atoms with Gasteiger partial charge in [-0.05, 0) is 67.1 Å². The fourth-order valence-electron chi connectivity index (χ4n) is 2.96. The Hall–Kier alpha value is -1.22. The van der Waals surface area contributed by atoms with Gasteiger partial charge in [0.25, 0.3) is 0 Å². The zero-order chi connectivity index (χ0) is 17.9. The van der Waals surface area contributed by atoms with Crippen LogP contribution in [-0.2, 0) is 0 Å². The molecule has 3 heteroatoms. The maximum atomic E-state index is 5.98. The molecule has 2 rings (SSSR count). The molecule has 0 N–H and O–H groups in total. The molecule has 0 fully saturated rings. The van der Waals surface area contributed by atoms with Crippen LogP contribution in [-0.4, -0.2) is 18.5 Å². The Labute approximate surface area is 161 Å². The first-order valence-electron chi connectivity index (χ1n) is 9.61. The molecule has 0 bridgehead atoms. The van der Waals surface area contributed by atoms with Gasteiger partial charge < -0.3 is 9.47 Å². The SMILES string of the molecule is CCCCCCOc1ccc2c(C)c(OCCCCCBr)ccc2c1. The van der Waals surface area contributed by atoms with E-state index in [9.17, 15) is 0 Å². The van der Waals surface area contributed by atoms with Crippen molar-refractivity contribution in [3.8, 4) is 11.5 Å². The summed E-state index contributed by atoms with van der Waals surface area (Å²) in [5.41, 5.74) is 1.22. The summed E-state index contributed by atoms with van der Waals surface area (Å²) in [6, 6.07) is 10.6. The number of benzene rings is 2. The molecule has 0 spiro atoms. The largest absolute Gasteiger partial charge is 0.494 e. The number of unbranched alkanes of at least 4 members (excludes halogenated alkanes) is 5. The smallest absolute Gasteiger partial charge is 0.122 e. The van der Waals surface area contributed by atoms with Crippen molar-refractivity contribution in [1.29, 1.82) is 0 Å². The van der Waals surface area contributed by atoms with E-state index in [1.807, 2.05) is 0 Å². The molecule has 0 aromatic heterocycles. The van der Waals surface area contributed by atoms with Crippen LogP contribution < -0.4 is 9.47 Å². The van der Waals surface area contributed by atoms with Gasteiger partial charge in [-0.3, -0.25) is 0 Å². The predicted molar refractivity (Wildman–Crippen MR) is 111 cm³/mol. The number of hydrogen-bond donors (Lipinski definition) is 0. The highest BCUT2D eigenvalue weighted by atomic mass is 79.9. The molecule has 0 heterocycles. The standard InChI is InChI=1S/C22H31BrO2/c1-3-4-5-8-15-24-20-11-12-21-18(2)22(13-10-19(21)17-20)25-16-9-6-7-14-23/h10-13,17H,3-9,14-16H2,1-2H3. The minimum atomic E-state index is 0.790. The molecule has 2 aromatic carbocycles. The third-order valence-corrected chi connectivity index (χ3v) is 5.07.